The molecule has 0 saturated heterocycles. The maximum absolute atomic E-state index is 13.1. The molecule has 0 saturated carbocycles. The standard InChI is InChI=1S/C16H19F3O3/c1-2-7-14(10-15(21,11-20)16(17,18)19)8-9-22-13-6-4-3-5-12(13)14/h3-6,11,21H,2,7-10H2,1H3. The third-order valence-electron chi connectivity index (χ3n) is 4.32. The van der Waals surface area contributed by atoms with Gasteiger partial charge < -0.3 is 9.84 Å². The number of fused-ring (bicyclic) bond motifs is 1. The highest BCUT2D eigenvalue weighted by molar-refractivity contribution is 5.64. The van der Waals surface area contributed by atoms with E-state index in [1.165, 1.54) is 0 Å². The lowest BCUT2D eigenvalue weighted by molar-refractivity contribution is -0.251. The van der Waals surface area contributed by atoms with E-state index >= 15 is 0 Å². The van der Waals surface area contributed by atoms with E-state index in [9.17, 15) is 23.1 Å². The Morgan fingerprint density at radius 1 is 1.36 bits per heavy atom. The van der Waals surface area contributed by atoms with Crippen molar-refractivity contribution in [3.63, 3.8) is 0 Å². The molecule has 22 heavy (non-hydrogen) atoms. The molecule has 1 aromatic rings. The Labute approximate surface area is 127 Å². The first-order chi connectivity index (χ1) is 10.3. The van der Waals surface area contributed by atoms with Crippen molar-refractivity contribution in [2.24, 2.45) is 0 Å². The fourth-order valence-electron chi connectivity index (χ4n) is 3.26. The Morgan fingerprint density at radius 3 is 2.64 bits per heavy atom. The first kappa shape index (κ1) is 16.8. The van der Waals surface area contributed by atoms with Gasteiger partial charge in [-0.05, 0) is 18.9 Å². The maximum Gasteiger partial charge on any atom is 0.424 e. The molecule has 0 fully saturated rings. The molecule has 0 aromatic heterocycles. The second kappa shape index (κ2) is 5.91. The van der Waals surface area contributed by atoms with Gasteiger partial charge in [0.2, 0.25) is 5.60 Å². The molecule has 2 unspecified atom stereocenters. The maximum atomic E-state index is 13.1. The summed E-state index contributed by atoms with van der Waals surface area (Å²) in [5, 5.41) is 9.89. The molecule has 0 amide bonds. The van der Waals surface area contributed by atoms with E-state index in [2.05, 4.69) is 0 Å². The minimum atomic E-state index is -5.00. The predicted octanol–water partition coefficient (Wildman–Crippen LogP) is 3.39. The quantitative estimate of drug-likeness (QED) is 0.847. The monoisotopic (exact) mass is 316 g/mol. The third-order valence-corrected chi connectivity index (χ3v) is 4.32. The van der Waals surface area contributed by atoms with E-state index < -0.39 is 23.6 Å². The number of carbonyl (C=O) groups excluding carboxylic acids is 1. The SMILES string of the molecule is CCCC1(CC(O)(C=O)C(F)(F)F)CCOc2ccccc21. The zero-order valence-corrected chi connectivity index (χ0v) is 12.3. The van der Waals surface area contributed by atoms with Gasteiger partial charge in [-0.2, -0.15) is 13.2 Å². The van der Waals surface area contributed by atoms with Gasteiger partial charge >= 0.3 is 6.18 Å². The van der Waals surface area contributed by atoms with Crippen LogP contribution in [0.25, 0.3) is 0 Å². The molecular formula is C16H19F3O3. The Hall–Kier alpha value is -1.56. The number of ether oxygens (including phenoxy) is 1. The summed E-state index contributed by atoms with van der Waals surface area (Å²) in [4.78, 5) is 11.0. The number of benzene rings is 1. The zero-order chi connectivity index (χ0) is 16.4. The molecular weight excluding hydrogens is 297 g/mol. The van der Waals surface area contributed by atoms with Crippen LogP contribution in [-0.2, 0) is 10.2 Å². The van der Waals surface area contributed by atoms with E-state index in [1.54, 1.807) is 24.3 Å². The van der Waals surface area contributed by atoms with Gasteiger partial charge in [0.05, 0.1) is 6.61 Å². The molecule has 6 heteroatoms. The molecule has 0 bridgehead atoms. The van der Waals surface area contributed by atoms with Crippen molar-refractivity contribution in [1.29, 1.82) is 0 Å². The summed E-state index contributed by atoms with van der Waals surface area (Å²) in [5.41, 5.74) is -3.63. The van der Waals surface area contributed by atoms with Crippen LogP contribution in [0.5, 0.6) is 5.75 Å². The summed E-state index contributed by atoms with van der Waals surface area (Å²) in [5.74, 6) is 0.526. The normalized spacial score (nSPS) is 24.0. The van der Waals surface area contributed by atoms with Crippen molar-refractivity contribution >= 4 is 6.29 Å². The van der Waals surface area contributed by atoms with Crippen LogP contribution in [-0.4, -0.2) is 29.8 Å². The van der Waals surface area contributed by atoms with Crippen molar-refractivity contribution in [3.05, 3.63) is 29.8 Å². The van der Waals surface area contributed by atoms with Crippen molar-refractivity contribution < 1.29 is 27.8 Å². The van der Waals surface area contributed by atoms with Gasteiger partial charge in [0.25, 0.3) is 0 Å². The highest BCUT2D eigenvalue weighted by Crippen LogP contribution is 2.49. The molecule has 2 rings (SSSR count). The number of rotatable bonds is 5. The van der Waals surface area contributed by atoms with Gasteiger partial charge in [0, 0.05) is 17.4 Å². The highest BCUT2D eigenvalue weighted by atomic mass is 19.4. The largest absolute Gasteiger partial charge is 0.493 e. The predicted molar refractivity (Wildman–Crippen MR) is 74.8 cm³/mol. The first-order valence-corrected chi connectivity index (χ1v) is 7.26. The Bertz CT molecular complexity index is 544. The summed E-state index contributed by atoms with van der Waals surface area (Å²) in [6, 6.07) is 6.89. The summed E-state index contributed by atoms with van der Waals surface area (Å²) >= 11 is 0. The second-order valence-electron chi connectivity index (χ2n) is 5.84. The number of halogens is 3. The topological polar surface area (TPSA) is 46.5 Å². The zero-order valence-electron chi connectivity index (χ0n) is 12.3. The van der Waals surface area contributed by atoms with Crippen molar-refractivity contribution in [2.45, 2.75) is 49.8 Å². The average Bonchev–Trinajstić information content (AvgIpc) is 2.47. The Kier molecular flexibility index (Phi) is 4.52. The van der Waals surface area contributed by atoms with Crippen molar-refractivity contribution in [1.82, 2.24) is 0 Å². The molecule has 0 spiro atoms. The summed E-state index contributed by atoms with van der Waals surface area (Å²) in [7, 11) is 0. The van der Waals surface area contributed by atoms with E-state index in [4.69, 9.17) is 4.74 Å². The van der Waals surface area contributed by atoms with E-state index in [-0.39, 0.29) is 12.9 Å². The van der Waals surface area contributed by atoms with Gasteiger partial charge in [0.15, 0.2) is 6.29 Å². The molecule has 0 aliphatic carbocycles. The fraction of sp³-hybridized carbons (Fsp3) is 0.562. The minimum Gasteiger partial charge on any atom is -0.493 e. The van der Waals surface area contributed by atoms with Crippen LogP contribution in [0.15, 0.2) is 24.3 Å². The molecule has 1 aromatic carbocycles. The molecule has 2 atom stereocenters. The summed E-state index contributed by atoms with van der Waals surface area (Å²) in [6.07, 6.45) is -4.64. The molecule has 122 valence electrons. The van der Waals surface area contributed by atoms with Crippen LogP contribution in [0.3, 0.4) is 0 Å². The van der Waals surface area contributed by atoms with Crippen LogP contribution in [0.4, 0.5) is 13.2 Å². The molecule has 1 N–H and O–H groups in total. The van der Waals surface area contributed by atoms with Crippen molar-refractivity contribution in [2.75, 3.05) is 6.61 Å². The summed E-state index contributed by atoms with van der Waals surface area (Å²) < 4.78 is 44.9. The number of para-hydroxylation sites is 1. The number of aliphatic hydroxyl groups is 1. The van der Waals surface area contributed by atoms with Gasteiger partial charge in [-0.25, -0.2) is 0 Å². The Morgan fingerprint density at radius 2 is 2.05 bits per heavy atom. The van der Waals surface area contributed by atoms with Crippen LogP contribution >= 0.6 is 0 Å². The third kappa shape index (κ3) is 2.84. The highest BCUT2D eigenvalue weighted by Gasteiger charge is 2.58. The lowest BCUT2D eigenvalue weighted by Gasteiger charge is -2.43. The van der Waals surface area contributed by atoms with Crippen LogP contribution in [0.2, 0.25) is 0 Å². The van der Waals surface area contributed by atoms with Gasteiger partial charge in [-0.15, -0.1) is 0 Å². The van der Waals surface area contributed by atoms with Crippen molar-refractivity contribution in [3.8, 4) is 5.75 Å². The van der Waals surface area contributed by atoms with Crippen LogP contribution in [0.1, 0.15) is 38.2 Å². The van der Waals surface area contributed by atoms with Crippen LogP contribution < -0.4 is 4.74 Å². The van der Waals surface area contributed by atoms with E-state index in [0.717, 1.165) is 0 Å². The number of carbonyl (C=O) groups is 1. The lowest BCUT2D eigenvalue weighted by atomic mass is 9.66. The number of hydrogen-bond donors (Lipinski definition) is 1. The molecule has 1 aliphatic heterocycles. The van der Waals surface area contributed by atoms with Crippen LogP contribution in [0, 0.1) is 0 Å². The second-order valence-corrected chi connectivity index (χ2v) is 5.84. The fourth-order valence-corrected chi connectivity index (χ4v) is 3.26. The number of alkyl halides is 3. The molecule has 0 radical (unpaired) electrons. The van der Waals surface area contributed by atoms with Gasteiger partial charge in [-0.1, -0.05) is 31.5 Å². The van der Waals surface area contributed by atoms with E-state index in [1.807, 2.05) is 6.92 Å². The smallest absolute Gasteiger partial charge is 0.424 e. The lowest BCUT2D eigenvalue weighted by Crippen LogP contribution is -2.52. The summed E-state index contributed by atoms with van der Waals surface area (Å²) in [6.45, 7) is 2.14. The van der Waals surface area contributed by atoms with Gasteiger partial charge in [-0.3, -0.25) is 4.79 Å². The average molecular weight is 316 g/mol. The van der Waals surface area contributed by atoms with E-state index in [0.29, 0.717) is 30.6 Å². The Balaban J connectivity index is 2.49. The minimum absolute atomic E-state index is 0.268. The van der Waals surface area contributed by atoms with Gasteiger partial charge in [0.1, 0.15) is 5.75 Å². The number of hydrogen-bond acceptors (Lipinski definition) is 3. The number of aldehydes is 1. The first-order valence-electron chi connectivity index (χ1n) is 7.26. The molecule has 1 aliphatic rings. The molecule has 1 heterocycles. The molecule has 3 nitrogen and oxygen atoms in total.